The van der Waals surface area contributed by atoms with Gasteiger partial charge >= 0.3 is 5.97 Å². The van der Waals surface area contributed by atoms with E-state index in [0.717, 1.165) is 0 Å². The second kappa shape index (κ2) is 7.04. The highest BCUT2D eigenvalue weighted by Gasteiger charge is 2.13. The van der Waals surface area contributed by atoms with Gasteiger partial charge in [0.05, 0.1) is 12.8 Å². The van der Waals surface area contributed by atoms with Crippen molar-refractivity contribution in [3.05, 3.63) is 41.7 Å². The first kappa shape index (κ1) is 15.3. The quantitative estimate of drug-likeness (QED) is 0.659. The van der Waals surface area contributed by atoms with E-state index < -0.39 is 11.9 Å². The highest BCUT2D eigenvalue weighted by Crippen LogP contribution is 2.10. The highest BCUT2D eigenvalue weighted by atomic mass is 16.5. The van der Waals surface area contributed by atoms with Crippen molar-refractivity contribution < 1.29 is 14.3 Å². The number of amides is 1. The Hall–Kier alpha value is -3.14. The lowest BCUT2D eigenvalue weighted by molar-refractivity contribution is -0.144. The van der Waals surface area contributed by atoms with Gasteiger partial charge in [-0.05, 0) is 25.1 Å². The monoisotopic (exact) mass is 298 g/mol. The van der Waals surface area contributed by atoms with Crippen LogP contribution in [0.2, 0.25) is 0 Å². The van der Waals surface area contributed by atoms with E-state index in [1.807, 2.05) is 0 Å². The van der Waals surface area contributed by atoms with Gasteiger partial charge in [-0.3, -0.25) is 9.59 Å². The van der Waals surface area contributed by atoms with Crippen molar-refractivity contribution in [2.24, 2.45) is 0 Å². The molecule has 1 aromatic heterocycles. The Bertz CT molecular complexity index is 730. The molecule has 1 N–H and O–H groups in total. The van der Waals surface area contributed by atoms with Crippen LogP contribution in [0.15, 0.2) is 30.5 Å². The molecule has 1 heterocycles. The van der Waals surface area contributed by atoms with Crippen molar-refractivity contribution >= 4 is 17.6 Å². The second-order valence-corrected chi connectivity index (χ2v) is 4.29. The number of ether oxygens (including phenoxy) is 1. The van der Waals surface area contributed by atoms with Gasteiger partial charge in [0, 0.05) is 11.3 Å². The third kappa shape index (κ3) is 3.93. The van der Waals surface area contributed by atoms with Crippen molar-refractivity contribution in [1.29, 1.82) is 0 Å². The fourth-order valence-corrected chi connectivity index (χ4v) is 1.70. The lowest BCUT2D eigenvalue weighted by Gasteiger charge is -2.03. The van der Waals surface area contributed by atoms with Crippen LogP contribution in [0.5, 0.6) is 0 Å². The summed E-state index contributed by atoms with van der Waals surface area (Å²) in [6.45, 7) is 1.90. The Morgan fingerprint density at radius 1 is 1.45 bits per heavy atom. The molecule has 0 aliphatic rings. The van der Waals surface area contributed by atoms with Crippen molar-refractivity contribution in [2.75, 3.05) is 11.9 Å². The smallest absolute Gasteiger partial charge is 0.327 e. The van der Waals surface area contributed by atoms with Gasteiger partial charge in [-0.1, -0.05) is 17.2 Å². The van der Waals surface area contributed by atoms with Gasteiger partial charge in [-0.25, -0.2) is 4.68 Å². The predicted molar refractivity (Wildman–Crippen MR) is 79.0 cm³/mol. The summed E-state index contributed by atoms with van der Waals surface area (Å²) in [6, 6.07) is 6.87. The molecule has 0 aliphatic heterocycles. The summed E-state index contributed by atoms with van der Waals surface area (Å²) in [4.78, 5) is 23.4. The lowest BCUT2D eigenvalue weighted by Crippen LogP contribution is -2.14. The average Bonchev–Trinajstić information content (AvgIpc) is 2.96. The number of carbonyl (C=O) groups is 2. The molecule has 0 saturated heterocycles. The van der Waals surface area contributed by atoms with Crippen LogP contribution < -0.4 is 5.32 Å². The molecule has 7 nitrogen and oxygen atoms in total. The summed E-state index contributed by atoms with van der Waals surface area (Å²) in [6.07, 6.45) is 6.68. The number of hydrogen-bond donors (Lipinski definition) is 1. The number of nitrogens with zero attached hydrogens (tertiary/aromatic N) is 3. The van der Waals surface area contributed by atoms with E-state index in [1.54, 1.807) is 31.2 Å². The first-order valence-corrected chi connectivity index (χ1v) is 6.56. The Morgan fingerprint density at radius 3 is 3.00 bits per heavy atom. The van der Waals surface area contributed by atoms with E-state index in [9.17, 15) is 9.59 Å². The average molecular weight is 298 g/mol. The fourth-order valence-electron chi connectivity index (χ4n) is 1.70. The predicted octanol–water partition coefficient (Wildman–Crippen LogP) is 1.07. The SMILES string of the molecule is C#Cc1cccc(NC(=O)c2cn(CC(=O)OCC)nn2)c1. The molecule has 0 spiro atoms. The van der Waals surface area contributed by atoms with E-state index >= 15 is 0 Å². The third-order valence-corrected chi connectivity index (χ3v) is 2.65. The maximum Gasteiger partial charge on any atom is 0.327 e. The summed E-state index contributed by atoms with van der Waals surface area (Å²) in [5.41, 5.74) is 1.31. The molecule has 0 radical (unpaired) electrons. The molecule has 0 saturated carbocycles. The van der Waals surface area contributed by atoms with Gasteiger partial charge in [0.15, 0.2) is 5.69 Å². The molecular formula is C15H14N4O3. The van der Waals surface area contributed by atoms with Crippen molar-refractivity contribution in [2.45, 2.75) is 13.5 Å². The number of rotatable bonds is 5. The van der Waals surface area contributed by atoms with Gasteiger partial charge in [-0.2, -0.15) is 0 Å². The third-order valence-electron chi connectivity index (χ3n) is 2.65. The minimum absolute atomic E-state index is 0.0930. The van der Waals surface area contributed by atoms with Crippen LogP contribution in [0.4, 0.5) is 5.69 Å². The Kier molecular flexibility index (Phi) is 4.88. The van der Waals surface area contributed by atoms with Crippen molar-refractivity contribution in [3.63, 3.8) is 0 Å². The maximum absolute atomic E-state index is 12.0. The van der Waals surface area contributed by atoms with Crippen LogP contribution in [-0.4, -0.2) is 33.5 Å². The van der Waals surface area contributed by atoms with Crippen LogP contribution >= 0.6 is 0 Å². The normalized spacial score (nSPS) is 9.82. The molecule has 1 aromatic carbocycles. The molecule has 0 bridgehead atoms. The Balaban J connectivity index is 2.02. The molecular weight excluding hydrogens is 284 g/mol. The van der Waals surface area contributed by atoms with Crippen molar-refractivity contribution in [1.82, 2.24) is 15.0 Å². The molecule has 1 amide bonds. The first-order valence-electron chi connectivity index (χ1n) is 6.56. The van der Waals surface area contributed by atoms with Crippen molar-refractivity contribution in [3.8, 4) is 12.3 Å². The zero-order valence-electron chi connectivity index (χ0n) is 11.9. The Labute approximate surface area is 127 Å². The first-order chi connectivity index (χ1) is 10.6. The zero-order chi connectivity index (χ0) is 15.9. The fraction of sp³-hybridized carbons (Fsp3) is 0.200. The van der Waals surface area contributed by atoms with Crippen LogP contribution in [0, 0.1) is 12.3 Å². The summed E-state index contributed by atoms with van der Waals surface area (Å²) in [5.74, 6) is 1.60. The second-order valence-electron chi connectivity index (χ2n) is 4.29. The van der Waals surface area contributed by atoms with E-state index in [4.69, 9.17) is 11.2 Å². The molecule has 112 valence electrons. The number of terminal acetylenes is 1. The number of esters is 1. The van der Waals surface area contributed by atoms with Gasteiger partial charge in [0.1, 0.15) is 6.54 Å². The zero-order valence-corrected chi connectivity index (χ0v) is 11.9. The van der Waals surface area contributed by atoms with Crippen LogP contribution in [0.1, 0.15) is 23.0 Å². The van der Waals surface area contributed by atoms with Gasteiger partial charge in [0.25, 0.3) is 5.91 Å². The molecule has 0 atom stereocenters. The molecule has 2 aromatic rings. The minimum Gasteiger partial charge on any atom is -0.465 e. The van der Waals surface area contributed by atoms with Crippen LogP contribution in [0.3, 0.4) is 0 Å². The maximum atomic E-state index is 12.0. The summed E-state index contributed by atoms with van der Waals surface area (Å²) in [5, 5.41) is 10.1. The minimum atomic E-state index is -0.443. The van der Waals surface area contributed by atoms with E-state index in [-0.39, 0.29) is 18.8 Å². The number of aromatic nitrogens is 3. The summed E-state index contributed by atoms with van der Waals surface area (Å²) in [7, 11) is 0. The lowest BCUT2D eigenvalue weighted by atomic mass is 10.2. The van der Waals surface area contributed by atoms with E-state index in [0.29, 0.717) is 11.3 Å². The number of anilines is 1. The summed E-state index contributed by atoms with van der Waals surface area (Å²) >= 11 is 0. The van der Waals surface area contributed by atoms with Gasteiger partial charge in [-0.15, -0.1) is 11.5 Å². The molecule has 0 aliphatic carbocycles. The molecule has 22 heavy (non-hydrogen) atoms. The Morgan fingerprint density at radius 2 is 2.27 bits per heavy atom. The molecule has 2 rings (SSSR count). The van der Waals surface area contributed by atoms with Crippen LogP contribution in [-0.2, 0) is 16.1 Å². The van der Waals surface area contributed by atoms with Gasteiger partial charge in [0.2, 0.25) is 0 Å². The number of benzene rings is 1. The molecule has 0 unspecified atom stereocenters. The number of carbonyl (C=O) groups excluding carboxylic acids is 2. The van der Waals surface area contributed by atoms with Gasteiger partial charge < -0.3 is 10.1 Å². The highest BCUT2D eigenvalue weighted by molar-refractivity contribution is 6.02. The number of hydrogen-bond acceptors (Lipinski definition) is 5. The largest absolute Gasteiger partial charge is 0.465 e. The molecule has 7 heteroatoms. The van der Waals surface area contributed by atoms with E-state index in [1.165, 1.54) is 10.9 Å². The van der Waals surface area contributed by atoms with E-state index in [2.05, 4.69) is 21.5 Å². The topological polar surface area (TPSA) is 86.1 Å². The summed E-state index contributed by atoms with van der Waals surface area (Å²) < 4.78 is 6.03. The molecule has 0 fully saturated rings. The standard InChI is InChI=1S/C15H14N4O3/c1-3-11-6-5-7-12(8-11)16-15(21)13-9-19(18-17-13)10-14(20)22-4-2/h1,5-9H,4,10H2,2H3,(H,16,21). The number of nitrogens with one attached hydrogen (secondary N) is 1. The van der Waals surface area contributed by atoms with Crippen LogP contribution in [0.25, 0.3) is 0 Å².